The first-order valence-electron chi connectivity index (χ1n) is 10.6. The average Bonchev–Trinajstić information content (AvgIpc) is 2.74. The Bertz CT molecular complexity index is 705. The first-order valence-corrected chi connectivity index (χ1v) is 10.6. The van der Waals surface area contributed by atoms with Gasteiger partial charge in [0.25, 0.3) is 0 Å². The molecule has 0 aromatic heterocycles. The van der Waals surface area contributed by atoms with E-state index < -0.39 is 0 Å². The fraction of sp³-hybridized carbons (Fsp3) is 0.417. The zero-order valence-corrected chi connectivity index (χ0v) is 17.4. The van der Waals surface area contributed by atoms with E-state index >= 15 is 0 Å². The smallest absolute Gasteiger partial charge is 0.220 e. The van der Waals surface area contributed by atoms with Gasteiger partial charge in [0, 0.05) is 25.9 Å². The second-order valence-electron chi connectivity index (χ2n) is 7.45. The molecule has 0 aliphatic rings. The molecule has 0 saturated carbocycles. The number of hydrogen-bond acceptors (Lipinski definition) is 4. The van der Waals surface area contributed by atoms with Crippen LogP contribution in [0.2, 0.25) is 0 Å². The summed E-state index contributed by atoms with van der Waals surface area (Å²) in [4.78, 5) is 23.7. The molecule has 6 nitrogen and oxygen atoms in total. The van der Waals surface area contributed by atoms with Crippen LogP contribution in [-0.2, 0) is 22.4 Å². The third-order valence-electron chi connectivity index (χ3n) is 4.90. The van der Waals surface area contributed by atoms with Crippen molar-refractivity contribution in [2.24, 2.45) is 0 Å². The summed E-state index contributed by atoms with van der Waals surface area (Å²) < 4.78 is 0. The van der Waals surface area contributed by atoms with Crippen molar-refractivity contribution in [3.05, 3.63) is 59.7 Å². The molecule has 0 radical (unpaired) electrons. The van der Waals surface area contributed by atoms with Crippen LogP contribution >= 0.6 is 0 Å². The Kier molecular flexibility index (Phi) is 10.3. The molecule has 0 atom stereocenters. The van der Waals surface area contributed by atoms with Gasteiger partial charge in [0.2, 0.25) is 11.8 Å². The predicted molar refractivity (Wildman–Crippen MR) is 117 cm³/mol. The highest BCUT2D eigenvalue weighted by Gasteiger charge is 2.03. The van der Waals surface area contributed by atoms with Gasteiger partial charge in [0.05, 0.1) is 0 Å². The third-order valence-corrected chi connectivity index (χ3v) is 4.90. The lowest BCUT2D eigenvalue weighted by molar-refractivity contribution is -0.121. The van der Waals surface area contributed by atoms with Crippen molar-refractivity contribution in [1.82, 2.24) is 10.6 Å². The standard InChI is InChI=1S/C24H32N2O4/c27-21-11-5-19(6-12-21)9-15-23(29)25-17-3-1-2-4-18-26-24(30)16-10-20-7-13-22(28)14-8-20/h5-8,11-14,27-28H,1-4,9-10,15-18H2,(H,25,29)(H,26,30). The zero-order valence-electron chi connectivity index (χ0n) is 17.4. The molecule has 30 heavy (non-hydrogen) atoms. The molecule has 0 aliphatic carbocycles. The Labute approximate surface area is 178 Å². The first kappa shape index (κ1) is 23.3. The van der Waals surface area contributed by atoms with Gasteiger partial charge >= 0.3 is 0 Å². The second-order valence-corrected chi connectivity index (χ2v) is 7.45. The number of aromatic hydroxyl groups is 2. The summed E-state index contributed by atoms with van der Waals surface area (Å²) in [6, 6.07) is 13.8. The number of aryl methyl sites for hydroxylation is 2. The minimum atomic E-state index is 0.0453. The zero-order chi connectivity index (χ0) is 21.6. The van der Waals surface area contributed by atoms with Crippen molar-refractivity contribution >= 4 is 11.8 Å². The molecule has 2 aromatic carbocycles. The van der Waals surface area contributed by atoms with Gasteiger partial charge in [-0.1, -0.05) is 37.1 Å². The molecule has 0 fully saturated rings. The van der Waals surface area contributed by atoms with Crippen LogP contribution < -0.4 is 10.6 Å². The van der Waals surface area contributed by atoms with Crippen LogP contribution in [0.15, 0.2) is 48.5 Å². The van der Waals surface area contributed by atoms with E-state index in [4.69, 9.17) is 0 Å². The van der Waals surface area contributed by atoms with Gasteiger partial charge in [-0.05, 0) is 61.1 Å². The quantitative estimate of drug-likeness (QED) is 0.379. The maximum Gasteiger partial charge on any atom is 0.220 e. The summed E-state index contributed by atoms with van der Waals surface area (Å²) in [6.07, 6.45) is 6.11. The Morgan fingerprint density at radius 3 is 1.33 bits per heavy atom. The number of amides is 2. The van der Waals surface area contributed by atoms with Crippen molar-refractivity contribution in [1.29, 1.82) is 0 Å². The van der Waals surface area contributed by atoms with Crippen LogP contribution in [-0.4, -0.2) is 35.1 Å². The monoisotopic (exact) mass is 412 g/mol. The fourth-order valence-electron chi connectivity index (χ4n) is 3.08. The van der Waals surface area contributed by atoms with E-state index in [1.165, 1.54) is 0 Å². The molecular weight excluding hydrogens is 380 g/mol. The van der Waals surface area contributed by atoms with Gasteiger partial charge in [-0.3, -0.25) is 9.59 Å². The van der Waals surface area contributed by atoms with Gasteiger partial charge in [0.1, 0.15) is 11.5 Å². The number of unbranched alkanes of at least 4 members (excludes halogenated alkanes) is 3. The number of nitrogens with one attached hydrogen (secondary N) is 2. The van der Waals surface area contributed by atoms with Gasteiger partial charge in [-0.25, -0.2) is 0 Å². The number of carbonyl (C=O) groups is 2. The molecule has 162 valence electrons. The second kappa shape index (κ2) is 13.2. The number of carbonyl (C=O) groups excluding carboxylic acids is 2. The van der Waals surface area contributed by atoms with E-state index in [2.05, 4.69) is 10.6 Å². The first-order chi connectivity index (χ1) is 14.5. The number of rotatable bonds is 13. The van der Waals surface area contributed by atoms with Gasteiger partial charge < -0.3 is 20.8 Å². The SMILES string of the molecule is O=C(CCc1ccc(O)cc1)NCCCCCCNC(=O)CCc1ccc(O)cc1. The Hall–Kier alpha value is -3.02. The largest absolute Gasteiger partial charge is 0.508 e. The van der Waals surface area contributed by atoms with E-state index in [0.717, 1.165) is 36.8 Å². The Morgan fingerprint density at radius 2 is 0.967 bits per heavy atom. The molecule has 0 saturated heterocycles. The van der Waals surface area contributed by atoms with Crippen molar-refractivity contribution in [3.63, 3.8) is 0 Å². The molecule has 0 heterocycles. The van der Waals surface area contributed by atoms with Crippen LogP contribution in [0.3, 0.4) is 0 Å². The minimum Gasteiger partial charge on any atom is -0.508 e. The van der Waals surface area contributed by atoms with E-state index in [9.17, 15) is 19.8 Å². The minimum absolute atomic E-state index is 0.0453. The number of hydrogen-bond donors (Lipinski definition) is 4. The molecule has 0 spiro atoms. The summed E-state index contributed by atoms with van der Waals surface area (Å²) in [7, 11) is 0. The summed E-state index contributed by atoms with van der Waals surface area (Å²) >= 11 is 0. The third kappa shape index (κ3) is 9.96. The molecular formula is C24H32N2O4. The number of benzene rings is 2. The highest BCUT2D eigenvalue weighted by Crippen LogP contribution is 2.12. The summed E-state index contributed by atoms with van der Waals surface area (Å²) in [5.41, 5.74) is 2.07. The van der Waals surface area contributed by atoms with Gasteiger partial charge in [-0.2, -0.15) is 0 Å². The lowest BCUT2D eigenvalue weighted by atomic mass is 10.1. The molecule has 2 rings (SSSR count). The van der Waals surface area contributed by atoms with Crippen LogP contribution in [0.1, 0.15) is 49.7 Å². The molecule has 4 N–H and O–H groups in total. The van der Waals surface area contributed by atoms with Crippen LogP contribution in [0.4, 0.5) is 0 Å². The van der Waals surface area contributed by atoms with Crippen molar-refractivity contribution in [2.45, 2.75) is 51.4 Å². The van der Waals surface area contributed by atoms with E-state index in [-0.39, 0.29) is 23.3 Å². The highest BCUT2D eigenvalue weighted by atomic mass is 16.3. The number of phenols is 2. The van der Waals surface area contributed by atoms with Crippen LogP contribution in [0.5, 0.6) is 11.5 Å². The Morgan fingerprint density at radius 1 is 0.600 bits per heavy atom. The highest BCUT2D eigenvalue weighted by molar-refractivity contribution is 5.76. The topological polar surface area (TPSA) is 98.7 Å². The number of phenolic OH excluding ortho intramolecular Hbond substituents is 2. The van der Waals surface area contributed by atoms with Gasteiger partial charge in [0.15, 0.2) is 0 Å². The predicted octanol–water partition coefficient (Wildman–Crippen LogP) is 3.46. The van der Waals surface area contributed by atoms with Crippen molar-refractivity contribution in [3.8, 4) is 11.5 Å². The van der Waals surface area contributed by atoms with E-state index in [1.54, 1.807) is 24.3 Å². The molecule has 2 aromatic rings. The lowest BCUT2D eigenvalue weighted by Crippen LogP contribution is -2.25. The molecule has 0 unspecified atom stereocenters. The van der Waals surface area contributed by atoms with E-state index in [0.29, 0.717) is 38.8 Å². The average molecular weight is 413 g/mol. The Balaban J connectivity index is 1.41. The van der Waals surface area contributed by atoms with Crippen LogP contribution in [0, 0.1) is 0 Å². The summed E-state index contributed by atoms with van der Waals surface area (Å²) in [6.45, 7) is 1.35. The lowest BCUT2D eigenvalue weighted by Gasteiger charge is -2.07. The summed E-state index contributed by atoms with van der Waals surface area (Å²) in [5.74, 6) is 0.557. The molecule has 6 heteroatoms. The van der Waals surface area contributed by atoms with E-state index in [1.807, 2.05) is 24.3 Å². The van der Waals surface area contributed by atoms with Gasteiger partial charge in [-0.15, -0.1) is 0 Å². The fourth-order valence-corrected chi connectivity index (χ4v) is 3.08. The maximum atomic E-state index is 11.9. The molecule has 2 amide bonds. The van der Waals surface area contributed by atoms with Crippen molar-refractivity contribution in [2.75, 3.05) is 13.1 Å². The molecule has 0 bridgehead atoms. The van der Waals surface area contributed by atoms with Crippen molar-refractivity contribution < 1.29 is 19.8 Å². The summed E-state index contributed by atoms with van der Waals surface area (Å²) in [5, 5.41) is 24.4. The van der Waals surface area contributed by atoms with Crippen LogP contribution in [0.25, 0.3) is 0 Å². The maximum absolute atomic E-state index is 11.9. The normalized spacial score (nSPS) is 10.5. The molecule has 0 aliphatic heterocycles.